The highest BCUT2D eigenvalue weighted by Gasteiger charge is 2.45. The van der Waals surface area contributed by atoms with E-state index in [9.17, 15) is 0 Å². The van der Waals surface area contributed by atoms with Crippen molar-refractivity contribution in [2.24, 2.45) is 0 Å². The number of hydrogen-bond acceptors (Lipinski definition) is 4. The maximum atomic E-state index is 6.48. The normalized spacial score (nSPS) is 14.3. The van der Waals surface area contributed by atoms with Crippen molar-refractivity contribution in [3.05, 3.63) is 240 Å². The van der Waals surface area contributed by atoms with E-state index in [1.165, 1.54) is 94.4 Å². The van der Waals surface area contributed by atoms with E-state index in [0.29, 0.717) is 0 Å². The fraction of sp³-hybridized carbons (Fsp3) is 0.241. The highest BCUT2D eigenvalue weighted by molar-refractivity contribution is 7.00. The van der Waals surface area contributed by atoms with Crippen LogP contribution in [0.4, 0.5) is 51.2 Å². The van der Waals surface area contributed by atoms with Crippen molar-refractivity contribution in [3.8, 4) is 22.5 Å². The van der Waals surface area contributed by atoms with E-state index in [1.54, 1.807) is 0 Å². The maximum Gasteiger partial charge on any atom is 0.252 e. The van der Waals surface area contributed by atoms with Gasteiger partial charge >= 0.3 is 0 Å². The number of hydrogen-bond donors (Lipinski definition) is 0. The third-order valence-electron chi connectivity index (χ3n) is 18.6. The molecule has 0 unspecified atom stereocenters. The van der Waals surface area contributed by atoms with Crippen molar-refractivity contribution in [2.75, 3.05) is 14.7 Å². The minimum Gasteiger partial charge on any atom is -0.456 e. The van der Waals surface area contributed by atoms with Crippen molar-refractivity contribution in [1.29, 1.82) is 0 Å². The summed E-state index contributed by atoms with van der Waals surface area (Å²) in [7, 11) is 0. The third-order valence-corrected chi connectivity index (χ3v) is 18.6. The molecular weight excluding hydrogens is 1020 g/mol. The highest BCUT2D eigenvalue weighted by Crippen LogP contribution is 2.54. The van der Waals surface area contributed by atoms with Crippen molar-refractivity contribution in [1.82, 2.24) is 0 Å². The molecule has 3 aliphatic rings. The molecule has 0 amide bonds. The quantitative estimate of drug-likeness (QED) is 0.155. The van der Waals surface area contributed by atoms with Crippen LogP contribution in [0.15, 0.2) is 211 Å². The fourth-order valence-corrected chi connectivity index (χ4v) is 13.7. The van der Waals surface area contributed by atoms with Crippen LogP contribution < -0.4 is 31.1 Å². The largest absolute Gasteiger partial charge is 0.456 e. The summed E-state index contributed by atoms with van der Waals surface area (Å²) in [6, 6.07) is 79.0. The molecule has 3 heterocycles. The second-order valence-corrected chi connectivity index (χ2v) is 28.8. The molecular formula is C79H76BN3O. The van der Waals surface area contributed by atoms with E-state index in [0.717, 1.165) is 50.7 Å². The van der Waals surface area contributed by atoms with E-state index >= 15 is 0 Å². The Hall–Kier alpha value is -8.54. The summed E-state index contributed by atoms with van der Waals surface area (Å²) in [5.41, 5.74) is 26.2. The molecule has 1 aromatic heterocycles. The standard InChI is InChI=1S/C79H76BN3O/c1-75(2,3)53-25-32-57(33-26-53)82-68-39-29-55(77(7,8)9)44-66(68)80-67-45-56(78(10,11)12)30-40-69(67)83(58-34-27-54(28-35-58)76(4,5)6)71-48-61(47-70(82)74(71)80)81(59-31-23-49-19-15-16-20-50(49)41-59)60-36-38-63-62-37-24-52(42-64(62)79(13,14)65(63)46-60)73-43-51-21-17-18-22-72(51)84-73/h15-48H,1-14H3. The summed E-state index contributed by atoms with van der Waals surface area (Å²) in [4.78, 5) is 7.72. The summed E-state index contributed by atoms with van der Waals surface area (Å²) in [6.45, 7) is 32.7. The summed E-state index contributed by atoms with van der Waals surface area (Å²) >= 11 is 0. The second kappa shape index (κ2) is 18.7. The van der Waals surface area contributed by atoms with Crippen LogP contribution in [-0.2, 0) is 27.1 Å². The van der Waals surface area contributed by atoms with Gasteiger partial charge in [0.25, 0.3) is 6.71 Å². The van der Waals surface area contributed by atoms with E-state index in [-0.39, 0.29) is 33.8 Å². The summed E-state index contributed by atoms with van der Waals surface area (Å²) < 4.78 is 6.48. The lowest BCUT2D eigenvalue weighted by Crippen LogP contribution is -2.61. The van der Waals surface area contributed by atoms with Crippen LogP contribution in [0, 0.1) is 0 Å². The number of nitrogens with zero attached hydrogens (tertiary/aromatic N) is 3. The van der Waals surface area contributed by atoms with Crippen LogP contribution in [0.2, 0.25) is 0 Å². The molecule has 416 valence electrons. The average molecular weight is 1090 g/mol. The van der Waals surface area contributed by atoms with Gasteiger partial charge in [0.2, 0.25) is 0 Å². The molecule has 2 aliphatic heterocycles. The molecule has 0 atom stereocenters. The molecule has 84 heavy (non-hydrogen) atoms. The first-order valence-corrected chi connectivity index (χ1v) is 30.3. The van der Waals surface area contributed by atoms with Gasteiger partial charge in [0, 0.05) is 61.9 Å². The lowest BCUT2D eigenvalue weighted by Gasteiger charge is -2.45. The van der Waals surface area contributed by atoms with Gasteiger partial charge in [0.05, 0.1) is 5.69 Å². The molecule has 0 fully saturated rings. The summed E-state index contributed by atoms with van der Waals surface area (Å²) in [5.74, 6) is 0.889. The van der Waals surface area contributed by atoms with Gasteiger partial charge in [-0.05, 0) is 184 Å². The van der Waals surface area contributed by atoms with Crippen molar-refractivity contribution < 1.29 is 4.42 Å². The van der Waals surface area contributed by atoms with Crippen LogP contribution in [0.25, 0.3) is 44.2 Å². The molecule has 0 radical (unpaired) electrons. The van der Waals surface area contributed by atoms with Crippen LogP contribution in [0.1, 0.15) is 130 Å². The first-order valence-electron chi connectivity index (χ1n) is 30.3. The Morgan fingerprint density at radius 3 is 1.38 bits per heavy atom. The predicted molar refractivity (Wildman–Crippen MR) is 360 cm³/mol. The predicted octanol–water partition coefficient (Wildman–Crippen LogP) is 20.3. The molecule has 1 aliphatic carbocycles. The molecule has 0 bridgehead atoms. The van der Waals surface area contributed by atoms with Crippen LogP contribution in [-0.4, -0.2) is 6.71 Å². The monoisotopic (exact) mass is 1090 g/mol. The maximum absolute atomic E-state index is 6.48. The topological polar surface area (TPSA) is 22.9 Å². The van der Waals surface area contributed by atoms with E-state index in [1.807, 2.05) is 6.07 Å². The Kier molecular flexibility index (Phi) is 11.9. The van der Waals surface area contributed by atoms with Gasteiger partial charge in [0.1, 0.15) is 11.3 Å². The van der Waals surface area contributed by atoms with Gasteiger partial charge in [-0.1, -0.05) is 212 Å². The van der Waals surface area contributed by atoms with Gasteiger partial charge in [-0.3, -0.25) is 0 Å². The molecule has 11 aromatic rings. The van der Waals surface area contributed by atoms with Gasteiger partial charge in [-0.2, -0.15) is 0 Å². The van der Waals surface area contributed by atoms with Crippen LogP contribution in [0.3, 0.4) is 0 Å². The molecule has 0 saturated carbocycles. The molecule has 14 rings (SSSR count). The Morgan fingerprint density at radius 1 is 0.381 bits per heavy atom. The SMILES string of the molecule is CC(C)(C)c1ccc(N2c3ccc(C(C)(C)C)cc3B3c4cc(C(C)(C)C)ccc4N(c4ccc(C(C)(C)C)cc4)c4cc(N(c5ccc6c(c5)C(C)(C)c5cc(-c7cc8ccccc8o7)ccc5-6)c5ccc6ccccc6c5)cc2c43)cc1. The molecule has 0 saturated heterocycles. The molecule has 0 N–H and O–H groups in total. The van der Waals surface area contributed by atoms with E-state index in [2.05, 4.69) is 312 Å². The number of anilines is 9. The lowest BCUT2D eigenvalue weighted by molar-refractivity contribution is 0.590. The average Bonchev–Trinajstić information content (AvgIpc) is 0.837. The lowest BCUT2D eigenvalue weighted by atomic mass is 9.33. The number of benzene rings is 10. The summed E-state index contributed by atoms with van der Waals surface area (Å²) in [5, 5.41) is 3.52. The number of para-hydroxylation sites is 1. The minimum atomic E-state index is -0.315. The molecule has 4 nitrogen and oxygen atoms in total. The van der Waals surface area contributed by atoms with Crippen molar-refractivity contribution >= 4 is 96.0 Å². The number of fused-ring (bicyclic) bond motifs is 9. The highest BCUT2D eigenvalue weighted by atomic mass is 16.3. The number of rotatable bonds is 6. The van der Waals surface area contributed by atoms with Gasteiger partial charge < -0.3 is 19.1 Å². The zero-order valence-electron chi connectivity index (χ0n) is 51.5. The third kappa shape index (κ3) is 8.71. The van der Waals surface area contributed by atoms with E-state index < -0.39 is 0 Å². The Bertz CT molecular complexity index is 4270. The van der Waals surface area contributed by atoms with Crippen molar-refractivity contribution in [3.63, 3.8) is 0 Å². The van der Waals surface area contributed by atoms with E-state index in [4.69, 9.17) is 4.42 Å². The molecule has 0 spiro atoms. The molecule has 10 aromatic carbocycles. The van der Waals surface area contributed by atoms with Crippen molar-refractivity contribution in [2.45, 2.75) is 124 Å². The summed E-state index contributed by atoms with van der Waals surface area (Å²) in [6.07, 6.45) is 0. The van der Waals surface area contributed by atoms with Crippen LogP contribution in [0.5, 0.6) is 0 Å². The number of furan rings is 1. The molecule has 5 heteroatoms. The Morgan fingerprint density at radius 2 is 0.845 bits per heavy atom. The fourth-order valence-electron chi connectivity index (χ4n) is 13.7. The van der Waals surface area contributed by atoms with Crippen LogP contribution >= 0.6 is 0 Å². The zero-order chi connectivity index (χ0) is 58.6. The first kappa shape index (κ1) is 53.5. The minimum absolute atomic E-state index is 0.00930. The van der Waals surface area contributed by atoms with Gasteiger partial charge in [0.15, 0.2) is 0 Å². The van der Waals surface area contributed by atoms with Gasteiger partial charge in [-0.15, -0.1) is 0 Å². The first-order chi connectivity index (χ1) is 39.9. The Labute approximate surface area is 498 Å². The smallest absolute Gasteiger partial charge is 0.252 e. The van der Waals surface area contributed by atoms with Gasteiger partial charge in [-0.25, -0.2) is 0 Å². The second-order valence-electron chi connectivity index (χ2n) is 28.8. The Balaban J connectivity index is 1.05. The zero-order valence-corrected chi connectivity index (χ0v) is 51.5.